The van der Waals surface area contributed by atoms with Crippen LogP contribution < -0.4 is 0 Å². The second-order valence-electron chi connectivity index (χ2n) is 3.47. The smallest absolute Gasteiger partial charge is 0.278 e. The number of hydrogen-bond donors (Lipinski definition) is 0. The lowest BCUT2D eigenvalue weighted by Gasteiger charge is -2.03. The highest BCUT2D eigenvalue weighted by atomic mass is 16.6. The molecule has 0 aliphatic carbocycles. The minimum Gasteiger partial charge on any atom is -0.383 e. The SMILES string of the molecule is CC.COCCn1ccc2c([N+](=O)[O-])cccc21. The van der Waals surface area contributed by atoms with Crippen LogP contribution in [0.3, 0.4) is 0 Å². The number of methoxy groups -OCH3 is 1. The predicted molar refractivity (Wildman–Crippen MR) is 71.8 cm³/mol. The van der Waals surface area contributed by atoms with E-state index in [1.165, 1.54) is 6.07 Å². The first-order valence-electron chi connectivity index (χ1n) is 5.95. The molecule has 0 aliphatic rings. The molecule has 0 saturated carbocycles. The standard InChI is InChI=1S/C11H12N2O3.C2H6/c1-16-8-7-12-6-5-9-10(12)3-2-4-11(9)13(14)15;1-2/h2-6H,7-8H2,1H3;1-2H3. The number of non-ortho nitro benzene ring substituents is 1. The van der Waals surface area contributed by atoms with Crippen LogP contribution in [0.4, 0.5) is 5.69 Å². The number of nitrogens with zero attached hydrogens (tertiary/aromatic N) is 2. The van der Waals surface area contributed by atoms with Crippen molar-refractivity contribution < 1.29 is 9.66 Å². The maximum absolute atomic E-state index is 10.8. The monoisotopic (exact) mass is 250 g/mol. The van der Waals surface area contributed by atoms with Gasteiger partial charge in [0, 0.05) is 25.9 Å². The molecule has 0 saturated heterocycles. The molecule has 1 aromatic carbocycles. The van der Waals surface area contributed by atoms with E-state index in [0.29, 0.717) is 18.5 Å². The van der Waals surface area contributed by atoms with Gasteiger partial charge in [-0.1, -0.05) is 19.9 Å². The number of nitro groups is 1. The molecule has 0 N–H and O–H groups in total. The minimum absolute atomic E-state index is 0.147. The molecule has 0 amide bonds. The summed E-state index contributed by atoms with van der Waals surface area (Å²) in [7, 11) is 1.63. The van der Waals surface area contributed by atoms with Gasteiger partial charge in [0.2, 0.25) is 0 Å². The summed E-state index contributed by atoms with van der Waals surface area (Å²) in [6, 6.07) is 6.86. The fourth-order valence-electron chi connectivity index (χ4n) is 1.75. The molecule has 0 bridgehead atoms. The van der Waals surface area contributed by atoms with Gasteiger partial charge in [0.1, 0.15) is 0 Å². The summed E-state index contributed by atoms with van der Waals surface area (Å²) in [5, 5.41) is 11.5. The Labute approximate surface area is 106 Å². The van der Waals surface area contributed by atoms with E-state index in [1.807, 2.05) is 30.7 Å². The molecule has 98 valence electrons. The van der Waals surface area contributed by atoms with Gasteiger partial charge in [-0.3, -0.25) is 10.1 Å². The van der Waals surface area contributed by atoms with Crippen molar-refractivity contribution in [2.45, 2.75) is 20.4 Å². The summed E-state index contributed by atoms with van der Waals surface area (Å²) in [5.41, 5.74) is 1.01. The fraction of sp³-hybridized carbons (Fsp3) is 0.385. The van der Waals surface area contributed by atoms with E-state index in [0.717, 1.165) is 5.52 Å². The summed E-state index contributed by atoms with van der Waals surface area (Å²) in [6.45, 7) is 5.29. The lowest BCUT2D eigenvalue weighted by molar-refractivity contribution is -0.383. The highest BCUT2D eigenvalue weighted by Crippen LogP contribution is 2.25. The summed E-state index contributed by atoms with van der Waals surface area (Å²) < 4.78 is 6.94. The van der Waals surface area contributed by atoms with Gasteiger partial charge < -0.3 is 9.30 Å². The van der Waals surface area contributed by atoms with Crippen molar-refractivity contribution in [3.63, 3.8) is 0 Å². The van der Waals surface area contributed by atoms with Crippen molar-refractivity contribution in [2.75, 3.05) is 13.7 Å². The Kier molecular flexibility index (Phi) is 5.32. The Balaban J connectivity index is 0.000000771. The van der Waals surface area contributed by atoms with E-state index in [1.54, 1.807) is 19.2 Å². The van der Waals surface area contributed by atoms with E-state index in [2.05, 4.69) is 0 Å². The molecule has 0 spiro atoms. The van der Waals surface area contributed by atoms with Gasteiger partial charge in [-0.15, -0.1) is 0 Å². The molecule has 0 aliphatic heterocycles. The number of fused-ring (bicyclic) bond motifs is 1. The topological polar surface area (TPSA) is 57.3 Å². The molecule has 0 radical (unpaired) electrons. The van der Waals surface area contributed by atoms with Crippen molar-refractivity contribution >= 4 is 16.6 Å². The summed E-state index contributed by atoms with van der Waals surface area (Å²) >= 11 is 0. The average molecular weight is 250 g/mol. The van der Waals surface area contributed by atoms with Crippen LogP contribution in [0.5, 0.6) is 0 Å². The van der Waals surface area contributed by atoms with Crippen LogP contribution >= 0.6 is 0 Å². The Hall–Kier alpha value is -1.88. The van der Waals surface area contributed by atoms with Gasteiger partial charge in [-0.05, 0) is 12.1 Å². The van der Waals surface area contributed by atoms with Gasteiger partial charge in [-0.2, -0.15) is 0 Å². The number of hydrogen-bond acceptors (Lipinski definition) is 3. The van der Waals surface area contributed by atoms with Crippen LogP contribution in [0.1, 0.15) is 13.8 Å². The highest BCUT2D eigenvalue weighted by Gasteiger charge is 2.13. The third kappa shape index (κ3) is 2.87. The molecule has 2 rings (SSSR count). The number of benzene rings is 1. The van der Waals surface area contributed by atoms with E-state index in [4.69, 9.17) is 4.74 Å². The molecular weight excluding hydrogens is 232 g/mol. The largest absolute Gasteiger partial charge is 0.383 e. The zero-order valence-corrected chi connectivity index (χ0v) is 10.9. The van der Waals surface area contributed by atoms with E-state index in [9.17, 15) is 10.1 Å². The summed E-state index contributed by atoms with van der Waals surface area (Å²) in [5.74, 6) is 0. The Morgan fingerprint density at radius 2 is 2.06 bits per heavy atom. The number of nitro benzene ring substituents is 1. The molecule has 0 atom stereocenters. The van der Waals surface area contributed by atoms with Gasteiger partial charge >= 0.3 is 0 Å². The fourth-order valence-corrected chi connectivity index (χ4v) is 1.75. The number of rotatable bonds is 4. The molecular formula is C13H18N2O3. The molecule has 1 heterocycles. The average Bonchev–Trinajstić information content (AvgIpc) is 2.81. The molecule has 2 aromatic rings. The maximum Gasteiger partial charge on any atom is 0.278 e. The van der Waals surface area contributed by atoms with Crippen molar-refractivity contribution in [1.29, 1.82) is 0 Å². The molecule has 0 unspecified atom stereocenters. The maximum atomic E-state index is 10.8. The van der Waals surface area contributed by atoms with Crippen LogP contribution in [0.15, 0.2) is 30.5 Å². The van der Waals surface area contributed by atoms with Gasteiger partial charge in [-0.25, -0.2) is 0 Å². The Morgan fingerprint density at radius 3 is 2.67 bits per heavy atom. The van der Waals surface area contributed by atoms with Crippen molar-refractivity contribution in [3.8, 4) is 0 Å². The van der Waals surface area contributed by atoms with E-state index >= 15 is 0 Å². The number of ether oxygens (including phenoxy) is 1. The summed E-state index contributed by atoms with van der Waals surface area (Å²) in [6.07, 6.45) is 1.84. The van der Waals surface area contributed by atoms with Crippen LogP contribution in [0.2, 0.25) is 0 Å². The van der Waals surface area contributed by atoms with Gasteiger partial charge in [0.25, 0.3) is 5.69 Å². The van der Waals surface area contributed by atoms with Gasteiger partial charge in [0.05, 0.1) is 22.4 Å². The molecule has 1 aromatic heterocycles. The third-order valence-corrected chi connectivity index (χ3v) is 2.52. The quantitative estimate of drug-likeness (QED) is 0.618. The second kappa shape index (κ2) is 6.76. The minimum atomic E-state index is -0.358. The molecule has 18 heavy (non-hydrogen) atoms. The zero-order valence-electron chi connectivity index (χ0n) is 10.9. The zero-order chi connectivity index (χ0) is 13.5. The predicted octanol–water partition coefficient (Wildman–Crippen LogP) is 3.22. The highest BCUT2D eigenvalue weighted by molar-refractivity contribution is 5.89. The van der Waals surface area contributed by atoms with Gasteiger partial charge in [0.15, 0.2) is 0 Å². The first-order chi connectivity index (χ1) is 8.74. The molecule has 0 fully saturated rings. The summed E-state index contributed by atoms with van der Waals surface area (Å²) in [4.78, 5) is 10.5. The first kappa shape index (κ1) is 14.2. The molecule has 5 heteroatoms. The van der Waals surface area contributed by atoms with Crippen LogP contribution in [0.25, 0.3) is 10.9 Å². The third-order valence-electron chi connectivity index (χ3n) is 2.52. The lowest BCUT2D eigenvalue weighted by Crippen LogP contribution is -2.02. The van der Waals surface area contributed by atoms with Crippen LogP contribution in [-0.2, 0) is 11.3 Å². The lowest BCUT2D eigenvalue weighted by atomic mass is 10.2. The van der Waals surface area contributed by atoms with E-state index < -0.39 is 0 Å². The molecule has 5 nitrogen and oxygen atoms in total. The Bertz CT molecular complexity index is 520. The number of aromatic nitrogens is 1. The van der Waals surface area contributed by atoms with Crippen molar-refractivity contribution in [2.24, 2.45) is 0 Å². The van der Waals surface area contributed by atoms with Crippen molar-refractivity contribution in [1.82, 2.24) is 4.57 Å². The Morgan fingerprint density at radius 1 is 1.33 bits per heavy atom. The van der Waals surface area contributed by atoms with E-state index in [-0.39, 0.29) is 10.6 Å². The van der Waals surface area contributed by atoms with Crippen LogP contribution in [-0.4, -0.2) is 23.2 Å². The first-order valence-corrected chi connectivity index (χ1v) is 5.95. The van der Waals surface area contributed by atoms with Crippen molar-refractivity contribution in [3.05, 3.63) is 40.6 Å². The second-order valence-corrected chi connectivity index (χ2v) is 3.47. The normalized spacial score (nSPS) is 9.94. The van der Waals surface area contributed by atoms with Crippen LogP contribution in [0, 0.1) is 10.1 Å².